The van der Waals surface area contributed by atoms with Gasteiger partial charge in [0, 0.05) is 22.6 Å². The van der Waals surface area contributed by atoms with E-state index in [0.29, 0.717) is 6.42 Å². The molecule has 0 aliphatic carbocycles. The lowest BCUT2D eigenvalue weighted by molar-refractivity contribution is 0.442. The smallest absolute Gasteiger partial charge is 0.0912 e. The molecule has 2 aromatic rings. The molecule has 0 aliphatic heterocycles. The van der Waals surface area contributed by atoms with Gasteiger partial charge in [-0.2, -0.15) is 0 Å². The Hall–Kier alpha value is -1.06. The van der Waals surface area contributed by atoms with Crippen molar-refractivity contribution in [3.05, 3.63) is 35.5 Å². The van der Waals surface area contributed by atoms with Gasteiger partial charge in [0.1, 0.15) is 0 Å². The highest BCUT2D eigenvalue weighted by Gasteiger charge is 2.14. The lowest BCUT2D eigenvalue weighted by Crippen LogP contribution is -2.11. The van der Waals surface area contributed by atoms with Gasteiger partial charge < -0.3 is 10.7 Å². The van der Waals surface area contributed by atoms with Crippen LogP contribution in [0.1, 0.15) is 23.7 Å². The first-order chi connectivity index (χ1) is 7.24. The molecule has 1 aromatic heterocycles. The molecule has 2 rings (SSSR count). The third kappa shape index (κ3) is 2.20. The number of nitrogens with two attached hydrogens (primary N) is 1. The lowest BCUT2D eigenvalue weighted by Gasteiger charge is -2.09. The summed E-state index contributed by atoms with van der Waals surface area (Å²) in [5.41, 5.74) is 9.11. The molecule has 88 valence electrons. The van der Waals surface area contributed by atoms with Crippen LogP contribution in [0.2, 0.25) is 0 Å². The summed E-state index contributed by atoms with van der Waals surface area (Å²) in [5, 5.41) is 1.11. The van der Waals surface area contributed by atoms with Gasteiger partial charge in [0.15, 0.2) is 0 Å². The molecule has 2 nitrogen and oxygen atoms in total. The monoisotopic (exact) mass is 242 g/mol. The van der Waals surface area contributed by atoms with Crippen molar-refractivity contribution in [1.29, 1.82) is 0 Å². The minimum Gasteiger partial charge on any atom is -0.358 e. The van der Waals surface area contributed by atoms with Crippen molar-refractivity contribution in [2.75, 3.05) is 6.67 Å². The van der Waals surface area contributed by atoms with Crippen LogP contribution in [0.3, 0.4) is 0 Å². The van der Waals surface area contributed by atoms with E-state index < -0.39 is 0 Å². The van der Waals surface area contributed by atoms with Crippen molar-refractivity contribution in [3.8, 4) is 0 Å². The molecule has 0 spiro atoms. The van der Waals surface area contributed by atoms with Gasteiger partial charge in [-0.15, -0.1) is 12.4 Å². The lowest BCUT2D eigenvalue weighted by atomic mass is 10.0. The molecule has 1 aromatic carbocycles. The maximum absolute atomic E-state index is 12.3. The van der Waals surface area contributed by atoms with Gasteiger partial charge >= 0.3 is 0 Å². The number of alkyl halides is 1. The first kappa shape index (κ1) is 13.0. The van der Waals surface area contributed by atoms with Crippen molar-refractivity contribution in [3.63, 3.8) is 0 Å². The number of H-pyrrole nitrogens is 1. The van der Waals surface area contributed by atoms with Gasteiger partial charge in [-0.3, -0.25) is 4.39 Å². The summed E-state index contributed by atoms with van der Waals surface area (Å²) in [6.07, 6.45) is 0.378. The van der Waals surface area contributed by atoms with Gasteiger partial charge in [-0.25, -0.2) is 0 Å². The average molecular weight is 243 g/mol. The van der Waals surface area contributed by atoms with Gasteiger partial charge in [0.2, 0.25) is 0 Å². The van der Waals surface area contributed by atoms with Gasteiger partial charge in [0.25, 0.3) is 0 Å². The number of aromatic nitrogens is 1. The third-order valence-electron chi connectivity index (χ3n) is 2.73. The van der Waals surface area contributed by atoms with Crippen molar-refractivity contribution in [1.82, 2.24) is 4.98 Å². The van der Waals surface area contributed by atoms with E-state index >= 15 is 0 Å². The zero-order chi connectivity index (χ0) is 10.8. The Bertz CT molecular complexity index is 467. The second kappa shape index (κ2) is 5.32. The molecule has 0 saturated carbocycles. The SMILES string of the molecule is Cc1[nH]c2ccccc2c1[C@H](N)CCF.Cl. The highest BCUT2D eigenvalue weighted by Crippen LogP contribution is 2.27. The summed E-state index contributed by atoms with van der Waals surface area (Å²) in [6.45, 7) is 1.60. The van der Waals surface area contributed by atoms with Gasteiger partial charge in [0.05, 0.1) is 6.67 Å². The largest absolute Gasteiger partial charge is 0.358 e. The van der Waals surface area contributed by atoms with E-state index in [4.69, 9.17) is 5.73 Å². The number of rotatable bonds is 3. The van der Waals surface area contributed by atoms with Crippen molar-refractivity contribution in [2.45, 2.75) is 19.4 Å². The number of halogens is 2. The molecule has 0 bridgehead atoms. The number of para-hydroxylation sites is 1. The predicted molar refractivity (Wildman–Crippen MR) is 67.8 cm³/mol. The standard InChI is InChI=1S/C12H15FN2.ClH/c1-8-12(10(14)6-7-13)9-4-2-3-5-11(9)15-8;/h2-5,10,15H,6-7,14H2,1H3;1H/t10-;/m1./s1. The number of hydrogen-bond donors (Lipinski definition) is 2. The summed E-state index contributed by atoms with van der Waals surface area (Å²) in [7, 11) is 0. The van der Waals surface area contributed by atoms with Crippen LogP contribution in [0.25, 0.3) is 10.9 Å². The van der Waals surface area contributed by atoms with Crippen LogP contribution in [0.5, 0.6) is 0 Å². The molecule has 1 atom stereocenters. The summed E-state index contributed by atoms with van der Waals surface area (Å²) in [6, 6.07) is 7.76. The molecule has 0 radical (unpaired) electrons. The molecule has 16 heavy (non-hydrogen) atoms. The van der Waals surface area contributed by atoms with E-state index in [9.17, 15) is 4.39 Å². The topological polar surface area (TPSA) is 41.8 Å². The normalized spacial score (nSPS) is 12.4. The van der Waals surface area contributed by atoms with E-state index in [1.807, 2.05) is 31.2 Å². The fourth-order valence-corrected chi connectivity index (χ4v) is 2.04. The van der Waals surface area contributed by atoms with Crippen LogP contribution in [0.15, 0.2) is 24.3 Å². The number of nitrogens with one attached hydrogen (secondary N) is 1. The number of benzene rings is 1. The quantitative estimate of drug-likeness (QED) is 0.852. The Balaban J connectivity index is 0.00000128. The molecule has 1 heterocycles. The molecule has 3 N–H and O–H groups in total. The zero-order valence-corrected chi connectivity index (χ0v) is 9.98. The van der Waals surface area contributed by atoms with E-state index in [-0.39, 0.29) is 25.1 Å². The second-order valence-electron chi connectivity index (χ2n) is 3.79. The number of aryl methyl sites for hydroxylation is 1. The van der Waals surface area contributed by atoms with Crippen LogP contribution < -0.4 is 5.73 Å². The van der Waals surface area contributed by atoms with Crippen molar-refractivity contribution in [2.24, 2.45) is 5.73 Å². The molecule has 0 fully saturated rings. The Labute approximate surface area is 100 Å². The first-order valence-electron chi connectivity index (χ1n) is 5.12. The molecule has 0 amide bonds. The van der Waals surface area contributed by atoms with E-state index in [1.165, 1.54) is 0 Å². The molecular formula is C12H16ClFN2. The fourth-order valence-electron chi connectivity index (χ4n) is 2.04. The van der Waals surface area contributed by atoms with Gasteiger partial charge in [-0.1, -0.05) is 18.2 Å². The Morgan fingerprint density at radius 1 is 1.38 bits per heavy atom. The molecule has 0 unspecified atom stereocenters. The molecule has 4 heteroatoms. The predicted octanol–water partition coefficient (Wildman–Crippen LogP) is 3.26. The summed E-state index contributed by atoms with van der Waals surface area (Å²) in [5.74, 6) is 0. The molecule has 0 aliphatic rings. The summed E-state index contributed by atoms with van der Waals surface area (Å²) >= 11 is 0. The van der Waals surface area contributed by atoms with Crippen LogP contribution in [-0.4, -0.2) is 11.7 Å². The Kier molecular flexibility index (Phi) is 4.33. The van der Waals surface area contributed by atoms with Crippen molar-refractivity contribution < 1.29 is 4.39 Å². The minimum atomic E-state index is -0.375. The minimum absolute atomic E-state index is 0. The highest BCUT2D eigenvalue weighted by molar-refractivity contribution is 5.85. The maximum Gasteiger partial charge on any atom is 0.0912 e. The van der Waals surface area contributed by atoms with E-state index in [0.717, 1.165) is 22.2 Å². The number of aromatic amines is 1. The molecule has 0 saturated heterocycles. The number of hydrogen-bond acceptors (Lipinski definition) is 1. The zero-order valence-electron chi connectivity index (χ0n) is 9.16. The second-order valence-corrected chi connectivity index (χ2v) is 3.79. The Morgan fingerprint density at radius 2 is 2.06 bits per heavy atom. The first-order valence-corrected chi connectivity index (χ1v) is 5.12. The molecular weight excluding hydrogens is 227 g/mol. The van der Waals surface area contributed by atoms with Crippen LogP contribution in [0.4, 0.5) is 4.39 Å². The van der Waals surface area contributed by atoms with Crippen molar-refractivity contribution >= 4 is 23.3 Å². The van der Waals surface area contributed by atoms with Crippen LogP contribution in [-0.2, 0) is 0 Å². The summed E-state index contributed by atoms with van der Waals surface area (Å²) in [4.78, 5) is 3.26. The Morgan fingerprint density at radius 3 is 2.75 bits per heavy atom. The van der Waals surface area contributed by atoms with Crippen LogP contribution in [0, 0.1) is 6.92 Å². The van der Waals surface area contributed by atoms with Crippen LogP contribution >= 0.6 is 12.4 Å². The maximum atomic E-state index is 12.3. The highest BCUT2D eigenvalue weighted by atomic mass is 35.5. The third-order valence-corrected chi connectivity index (χ3v) is 2.73. The summed E-state index contributed by atoms with van der Waals surface area (Å²) < 4.78 is 12.3. The number of fused-ring (bicyclic) bond motifs is 1. The van der Waals surface area contributed by atoms with E-state index in [2.05, 4.69) is 4.98 Å². The van der Waals surface area contributed by atoms with E-state index in [1.54, 1.807) is 0 Å². The fraction of sp³-hybridized carbons (Fsp3) is 0.333. The van der Waals surface area contributed by atoms with Gasteiger partial charge in [-0.05, 0) is 25.0 Å². The average Bonchev–Trinajstić information content (AvgIpc) is 2.54.